The fourth-order valence-corrected chi connectivity index (χ4v) is 2.85. The first-order chi connectivity index (χ1) is 9.70. The van der Waals surface area contributed by atoms with E-state index in [9.17, 15) is 18.0 Å². The molecular formula is C13H16N2O5S. The van der Waals surface area contributed by atoms with Gasteiger partial charge in [0.25, 0.3) is 0 Å². The van der Waals surface area contributed by atoms with Crippen molar-refractivity contribution in [1.82, 2.24) is 4.72 Å². The van der Waals surface area contributed by atoms with E-state index < -0.39 is 27.9 Å². The van der Waals surface area contributed by atoms with Crippen molar-refractivity contribution in [1.29, 1.82) is 0 Å². The number of carbonyl (C=O) groups is 2. The number of carboxylic acids is 1. The molecule has 0 heterocycles. The molecule has 7 nitrogen and oxygen atoms in total. The first-order valence-electron chi connectivity index (χ1n) is 6.02. The minimum Gasteiger partial charge on any atom is -0.478 e. The van der Waals surface area contributed by atoms with Crippen LogP contribution in [0.2, 0.25) is 0 Å². The Morgan fingerprint density at radius 3 is 2.38 bits per heavy atom. The number of primary amides is 1. The molecule has 0 aliphatic heterocycles. The van der Waals surface area contributed by atoms with Gasteiger partial charge in [0.1, 0.15) is 0 Å². The van der Waals surface area contributed by atoms with Crippen molar-refractivity contribution in [3.05, 3.63) is 35.9 Å². The van der Waals surface area contributed by atoms with Crippen LogP contribution in [0, 0.1) is 0 Å². The predicted octanol–water partition coefficient (Wildman–Crippen LogP) is 0.327. The number of nitrogens with two attached hydrogens (primary N) is 1. The van der Waals surface area contributed by atoms with Gasteiger partial charge in [0.05, 0.1) is 4.90 Å². The number of hydrogen-bond acceptors (Lipinski definition) is 4. The molecule has 0 saturated carbocycles. The maximum Gasteiger partial charge on any atom is 0.328 e. The van der Waals surface area contributed by atoms with Crippen molar-refractivity contribution in [3.8, 4) is 0 Å². The standard InChI is InChI=1S/C13H16N2O5S/c1-9(8-12(14)16)15-21(19,20)11-5-2-10(3-6-11)4-7-13(17)18/h2-7,9,15H,8H2,1H3,(H2,14,16)(H,17,18)/b7-4+. The second-order valence-corrected chi connectivity index (χ2v) is 6.15. The Kier molecular flexibility index (Phi) is 5.62. The van der Waals surface area contributed by atoms with E-state index in [1.165, 1.54) is 37.3 Å². The number of rotatable bonds is 7. The lowest BCUT2D eigenvalue weighted by Gasteiger charge is -2.12. The summed E-state index contributed by atoms with van der Waals surface area (Å²) in [5.41, 5.74) is 5.56. The molecule has 1 unspecified atom stereocenters. The number of amides is 1. The molecule has 0 saturated heterocycles. The Bertz CT molecular complexity index is 650. The fourth-order valence-electron chi connectivity index (χ4n) is 1.60. The van der Waals surface area contributed by atoms with Gasteiger partial charge in [0, 0.05) is 18.5 Å². The molecule has 0 aliphatic carbocycles. The topological polar surface area (TPSA) is 127 Å². The van der Waals surface area contributed by atoms with E-state index in [0.29, 0.717) is 5.56 Å². The van der Waals surface area contributed by atoms with Crippen LogP contribution in [-0.2, 0) is 19.6 Å². The molecular weight excluding hydrogens is 296 g/mol. The van der Waals surface area contributed by atoms with Gasteiger partial charge in [-0.05, 0) is 30.7 Å². The molecule has 8 heteroatoms. The number of benzene rings is 1. The zero-order valence-electron chi connectivity index (χ0n) is 11.3. The molecule has 4 N–H and O–H groups in total. The highest BCUT2D eigenvalue weighted by Gasteiger charge is 2.18. The molecule has 1 amide bonds. The molecule has 0 aromatic heterocycles. The van der Waals surface area contributed by atoms with Crippen LogP contribution >= 0.6 is 0 Å². The third-order valence-corrected chi connectivity index (χ3v) is 4.08. The van der Waals surface area contributed by atoms with Gasteiger partial charge in [0.2, 0.25) is 15.9 Å². The zero-order valence-corrected chi connectivity index (χ0v) is 12.1. The normalized spacial score (nSPS) is 13.2. The quantitative estimate of drug-likeness (QED) is 0.625. The molecule has 0 fully saturated rings. The summed E-state index contributed by atoms with van der Waals surface area (Å²) in [6, 6.07) is 5.04. The third kappa shape index (κ3) is 5.76. The van der Waals surface area contributed by atoms with Crippen LogP contribution in [0.4, 0.5) is 0 Å². The van der Waals surface area contributed by atoms with E-state index in [-0.39, 0.29) is 11.3 Å². The van der Waals surface area contributed by atoms with Crippen LogP contribution in [0.5, 0.6) is 0 Å². The summed E-state index contributed by atoms with van der Waals surface area (Å²) >= 11 is 0. The highest BCUT2D eigenvalue weighted by Crippen LogP contribution is 2.12. The summed E-state index contributed by atoms with van der Waals surface area (Å²) in [5, 5.41) is 8.50. The molecule has 0 spiro atoms. The second kappa shape index (κ2) is 7.00. The molecule has 0 bridgehead atoms. The van der Waals surface area contributed by atoms with Crippen LogP contribution in [0.1, 0.15) is 18.9 Å². The summed E-state index contributed by atoms with van der Waals surface area (Å²) < 4.78 is 26.4. The molecule has 114 valence electrons. The zero-order chi connectivity index (χ0) is 16.0. The van der Waals surface area contributed by atoms with Crippen molar-refractivity contribution in [2.45, 2.75) is 24.3 Å². The van der Waals surface area contributed by atoms with Crippen molar-refractivity contribution in [2.75, 3.05) is 0 Å². The first kappa shape index (κ1) is 16.9. The Hall–Kier alpha value is -2.19. The smallest absolute Gasteiger partial charge is 0.328 e. The summed E-state index contributed by atoms with van der Waals surface area (Å²) in [6.45, 7) is 1.53. The van der Waals surface area contributed by atoms with Gasteiger partial charge in [-0.1, -0.05) is 12.1 Å². The molecule has 0 aliphatic rings. The summed E-state index contributed by atoms with van der Waals surface area (Å²) in [6.07, 6.45) is 2.21. The van der Waals surface area contributed by atoms with Crippen molar-refractivity contribution in [3.63, 3.8) is 0 Å². The number of hydrogen-bond donors (Lipinski definition) is 3. The first-order valence-corrected chi connectivity index (χ1v) is 7.51. The average Bonchev–Trinajstić information content (AvgIpc) is 2.35. The molecule has 0 radical (unpaired) electrons. The number of nitrogens with one attached hydrogen (secondary N) is 1. The summed E-state index contributed by atoms with van der Waals surface area (Å²) in [7, 11) is -3.75. The minimum absolute atomic E-state index is 0.0197. The van der Waals surface area contributed by atoms with Gasteiger partial charge < -0.3 is 10.8 Å². The monoisotopic (exact) mass is 312 g/mol. The van der Waals surface area contributed by atoms with Crippen LogP contribution in [0.25, 0.3) is 6.08 Å². The van der Waals surface area contributed by atoms with Gasteiger partial charge in [-0.15, -0.1) is 0 Å². The highest BCUT2D eigenvalue weighted by atomic mass is 32.2. The van der Waals surface area contributed by atoms with Gasteiger partial charge in [0.15, 0.2) is 0 Å². The van der Waals surface area contributed by atoms with Crippen LogP contribution in [0.15, 0.2) is 35.2 Å². The van der Waals surface area contributed by atoms with Gasteiger partial charge in [-0.25, -0.2) is 17.9 Å². The van der Waals surface area contributed by atoms with E-state index in [2.05, 4.69) is 4.72 Å². The Morgan fingerprint density at radius 2 is 1.90 bits per heavy atom. The maximum atomic E-state index is 12.0. The summed E-state index contributed by atoms with van der Waals surface area (Å²) in [4.78, 5) is 21.1. The SMILES string of the molecule is CC(CC(N)=O)NS(=O)(=O)c1ccc(/C=C/C(=O)O)cc1. The van der Waals surface area contributed by atoms with Gasteiger partial charge in [-0.3, -0.25) is 4.79 Å². The molecule has 21 heavy (non-hydrogen) atoms. The van der Waals surface area contributed by atoms with E-state index >= 15 is 0 Å². The second-order valence-electron chi connectivity index (χ2n) is 4.43. The molecule has 1 atom stereocenters. The maximum absolute atomic E-state index is 12.0. The third-order valence-electron chi connectivity index (χ3n) is 2.47. The summed E-state index contributed by atoms with van der Waals surface area (Å²) in [5.74, 6) is -1.69. The number of carboxylic acid groups (broad SMARTS) is 1. The highest BCUT2D eigenvalue weighted by molar-refractivity contribution is 7.89. The number of carbonyl (C=O) groups excluding carboxylic acids is 1. The Morgan fingerprint density at radius 1 is 1.33 bits per heavy atom. The minimum atomic E-state index is -3.75. The lowest BCUT2D eigenvalue weighted by molar-refractivity contribution is -0.131. The lowest BCUT2D eigenvalue weighted by Crippen LogP contribution is -2.35. The number of aliphatic carboxylic acids is 1. The van der Waals surface area contributed by atoms with Crippen LogP contribution < -0.4 is 10.5 Å². The number of sulfonamides is 1. The average molecular weight is 312 g/mol. The van der Waals surface area contributed by atoms with Crippen molar-refractivity contribution < 1.29 is 23.1 Å². The van der Waals surface area contributed by atoms with Gasteiger partial charge in [-0.2, -0.15) is 0 Å². The van der Waals surface area contributed by atoms with Crippen molar-refractivity contribution in [2.24, 2.45) is 5.73 Å². The van der Waals surface area contributed by atoms with Crippen LogP contribution in [0.3, 0.4) is 0 Å². The molecule has 1 rings (SSSR count). The fraction of sp³-hybridized carbons (Fsp3) is 0.231. The van der Waals surface area contributed by atoms with Gasteiger partial charge >= 0.3 is 5.97 Å². The Labute approximate surface area is 122 Å². The van der Waals surface area contributed by atoms with Crippen LogP contribution in [-0.4, -0.2) is 31.4 Å². The largest absolute Gasteiger partial charge is 0.478 e. The van der Waals surface area contributed by atoms with E-state index in [1.54, 1.807) is 0 Å². The molecule has 1 aromatic carbocycles. The predicted molar refractivity (Wildman–Crippen MR) is 76.7 cm³/mol. The lowest BCUT2D eigenvalue weighted by atomic mass is 10.2. The van der Waals surface area contributed by atoms with E-state index in [4.69, 9.17) is 10.8 Å². The molecule has 1 aromatic rings. The Balaban J connectivity index is 2.85. The van der Waals surface area contributed by atoms with E-state index in [0.717, 1.165) is 6.08 Å². The van der Waals surface area contributed by atoms with Crippen molar-refractivity contribution >= 4 is 28.0 Å². The van der Waals surface area contributed by atoms with E-state index in [1.807, 2.05) is 0 Å².